The molecule has 0 radical (unpaired) electrons. The van der Waals surface area contributed by atoms with Crippen molar-refractivity contribution in [2.45, 2.75) is 238 Å². The van der Waals surface area contributed by atoms with Crippen LogP contribution in [0.5, 0.6) is 0 Å². The summed E-state index contributed by atoms with van der Waals surface area (Å²) in [4.78, 5) is 26.1. The summed E-state index contributed by atoms with van der Waals surface area (Å²) in [5, 5.41) is 23.7. The van der Waals surface area contributed by atoms with Gasteiger partial charge in [0.2, 0.25) is 5.91 Å². The first-order valence-corrected chi connectivity index (χ1v) is 25.5. The molecule has 0 bridgehead atoms. The Balaban J connectivity index is 4.78. The van der Waals surface area contributed by atoms with E-state index in [-0.39, 0.29) is 31.3 Å². The first kappa shape index (κ1) is 58.8. The number of hydrogen-bond acceptors (Lipinski definition) is 5. The van der Waals surface area contributed by atoms with Crippen LogP contribution in [0.2, 0.25) is 0 Å². The van der Waals surface area contributed by atoms with Crippen molar-refractivity contribution in [3.05, 3.63) is 97.2 Å². The van der Waals surface area contributed by atoms with Gasteiger partial charge in [-0.2, -0.15) is 0 Å². The Labute approximate surface area is 382 Å². The number of aliphatic hydroxyl groups is 2. The molecule has 0 heterocycles. The second kappa shape index (κ2) is 48.8. The van der Waals surface area contributed by atoms with E-state index in [2.05, 4.69) is 117 Å². The highest BCUT2D eigenvalue weighted by molar-refractivity contribution is 5.77. The molecule has 0 aromatic heterocycles. The highest BCUT2D eigenvalue weighted by Gasteiger charge is 2.24. The van der Waals surface area contributed by atoms with Crippen molar-refractivity contribution in [3.63, 3.8) is 0 Å². The standard InChI is InChI=1S/C56H95NO5/c1-4-7-10-13-16-19-22-24-26-28-29-31-33-35-38-41-44-47-52(50-55(60)57-53(51-58)54(59)48-45-42-39-36-21-18-15-12-9-6-3)62-56(61)49-46-43-40-37-34-32-30-27-25-23-20-17-14-11-8-5-2/h8,11,16-17,19-20,24-27,29,31-32,34,40,43,52-54,58-59H,4-7,9-10,12-15,18,21-23,28,30,33,35-39,41-42,44-51H2,1-3H3,(H,57,60)/b11-8+,19-16-,20-17+,26-24-,27-25+,31-29-,34-32+,43-40+. The van der Waals surface area contributed by atoms with Gasteiger partial charge in [-0.25, -0.2) is 0 Å². The van der Waals surface area contributed by atoms with E-state index in [0.717, 1.165) is 96.3 Å². The summed E-state index contributed by atoms with van der Waals surface area (Å²) in [6.07, 6.45) is 64.7. The Morgan fingerprint density at radius 3 is 1.35 bits per heavy atom. The van der Waals surface area contributed by atoms with Crippen LogP contribution < -0.4 is 5.32 Å². The second-order valence-electron chi connectivity index (χ2n) is 16.8. The zero-order valence-corrected chi connectivity index (χ0v) is 40.2. The van der Waals surface area contributed by atoms with Gasteiger partial charge in [0.15, 0.2) is 0 Å². The SMILES string of the molecule is CC/C=C/C/C=C/C/C=C/C/C=C/C/C=C/CCC(=O)OC(CCCCCC/C=C\C/C=C\C/C=C\CCCCC)CC(=O)NC(CO)C(O)CCCCCCCCCCCC. The molecule has 0 fully saturated rings. The molecular weight excluding hydrogens is 767 g/mol. The number of carbonyl (C=O) groups is 2. The third-order valence-corrected chi connectivity index (χ3v) is 10.9. The van der Waals surface area contributed by atoms with Crippen LogP contribution >= 0.6 is 0 Å². The Kier molecular flexibility index (Phi) is 46.3. The van der Waals surface area contributed by atoms with Gasteiger partial charge in [-0.1, -0.05) is 208 Å². The number of ether oxygens (including phenoxy) is 1. The quantitative estimate of drug-likeness (QED) is 0.0322. The van der Waals surface area contributed by atoms with Gasteiger partial charge in [-0.05, 0) is 96.3 Å². The van der Waals surface area contributed by atoms with Gasteiger partial charge < -0.3 is 20.3 Å². The molecule has 0 saturated heterocycles. The first-order chi connectivity index (χ1) is 30.5. The number of aliphatic hydroxyl groups excluding tert-OH is 2. The molecule has 0 aromatic carbocycles. The van der Waals surface area contributed by atoms with E-state index >= 15 is 0 Å². The predicted octanol–water partition coefficient (Wildman–Crippen LogP) is 15.3. The van der Waals surface area contributed by atoms with Crippen LogP contribution in [0.15, 0.2) is 97.2 Å². The van der Waals surface area contributed by atoms with Crippen LogP contribution in [0.25, 0.3) is 0 Å². The van der Waals surface area contributed by atoms with Crippen molar-refractivity contribution in [1.29, 1.82) is 0 Å². The maximum Gasteiger partial charge on any atom is 0.306 e. The van der Waals surface area contributed by atoms with Crippen molar-refractivity contribution in [3.8, 4) is 0 Å². The summed E-state index contributed by atoms with van der Waals surface area (Å²) in [6.45, 7) is 6.29. The first-order valence-electron chi connectivity index (χ1n) is 25.5. The second-order valence-corrected chi connectivity index (χ2v) is 16.8. The van der Waals surface area contributed by atoms with Gasteiger partial charge in [0, 0.05) is 6.42 Å². The van der Waals surface area contributed by atoms with E-state index < -0.39 is 18.2 Å². The number of esters is 1. The fraction of sp³-hybridized carbons (Fsp3) is 0.679. The molecule has 0 spiro atoms. The number of unbranched alkanes of at least 4 members (excludes halogenated alkanes) is 16. The molecule has 0 aromatic rings. The average Bonchev–Trinajstić information content (AvgIpc) is 3.26. The van der Waals surface area contributed by atoms with Crippen LogP contribution in [0, 0.1) is 0 Å². The van der Waals surface area contributed by atoms with Gasteiger partial charge in [0.25, 0.3) is 0 Å². The summed E-state index contributed by atoms with van der Waals surface area (Å²) in [5.74, 6) is -0.602. The zero-order valence-electron chi connectivity index (χ0n) is 40.2. The minimum Gasteiger partial charge on any atom is -0.462 e. The van der Waals surface area contributed by atoms with Crippen LogP contribution in [0.4, 0.5) is 0 Å². The minimum absolute atomic E-state index is 0.0276. The third kappa shape index (κ3) is 43.4. The normalized spacial score (nSPS) is 14.1. The van der Waals surface area contributed by atoms with Crippen molar-refractivity contribution in [2.24, 2.45) is 0 Å². The van der Waals surface area contributed by atoms with Crippen molar-refractivity contribution in [2.75, 3.05) is 6.61 Å². The summed E-state index contributed by atoms with van der Waals surface area (Å²) in [5.41, 5.74) is 0. The van der Waals surface area contributed by atoms with Crippen LogP contribution in [-0.4, -0.2) is 46.9 Å². The molecule has 1 amide bonds. The van der Waals surface area contributed by atoms with Gasteiger partial charge in [-0.15, -0.1) is 0 Å². The van der Waals surface area contributed by atoms with Crippen LogP contribution in [-0.2, 0) is 14.3 Å². The molecule has 3 atom stereocenters. The monoisotopic (exact) mass is 862 g/mol. The van der Waals surface area contributed by atoms with Gasteiger partial charge in [-0.3, -0.25) is 9.59 Å². The minimum atomic E-state index is -0.810. The molecule has 0 rings (SSSR count). The molecule has 0 aliphatic carbocycles. The molecule has 62 heavy (non-hydrogen) atoms. The van der Waals surface area contributed by atoms with E-state index in [0.29, 0.717) is 19.3 Å². The lowest BCUT2D eigenvalue weighted by Crippen LogP contribution is -2.46. The Morgan fingerprint density at radius 1 is 0.484 bits per heavy atom. The fourth-order valence-electron chi connectivity index (χ4n) is 7.07. The van der Waals surface area contributed by atoms with E-state index in [1.807, 2.05) is 6.08 Å². The summed E-state index contributed by atoms with van der Waals surface area (Å²) < 4.78 is 5.88. The average molecular weight is 862 g/mol. The van der Waals surface area contributed by atoms with E-state index in [4.69, 9.17) is 4.74 Å². The van der Waals surface area contributed by atoms with Gasteiger partial charge in [0.05, 0.1) is 25.2 Å². The van der Waals surface area contributed by atoms with Crippen molar-refractivity contribution < 1.29 is 24.5 Å². The zero-order chi connectivity index (χ0) is 45.2. The molecule has 0 aliphatic heterocycles. The van der Waals surface area contributed by atoms with Gasteiger partial charge >= 0.3 is 5.97 Å². The highest BCUT2D eigenvalue weighted by Crippen LogP contribution is 2.16. The number of hydrogen-bond donors (Lipinski definition) is 3. The summed E-state index contributed by atoms with van der Waals surface area (Å²) in [6, 6.07) is -0.728. The van der Waals surface area contributed by atoms with Crippen molar-refractivity contribution in [1.82, 2.24) is 5.32 Å². The predicted molar refractivity (Wildman–Crippen MR) is 268 cm³/mol. The highest BCUT2D eigenvalue weighted by atomic mass is 16.5. The Bertz CT molecular complexity index is 1240. The molecule has 6 heteroatoms. The Hall–Kier alpha value is -3.22. The molecule has 3 unspecified atom stereocenters. The maximum absolute atomic E-state index is 13.2. The largest absolute Gasteiger partial charge is 0.462 e. The number of nitrogens with one attached hydrogen (secondary N) is 1. The van der Waals surface area contributed by atoms with Crippen molar-refractivity contribution >= 4 is 11.9 Å². The molecule has 6 nitrogen and oxygen atoms in total. The topological polar surface area (TPSA) is 95.9 Å². The lowest BCUT2D eigenvalue weighted by molar-refractivity contribution is -0.150. The number of amides is 1. The molecule has 354 valence electrons. The summed E-state index contributed by atoms with van der Waals surface area (Å²) >= 11 is 0. The van der Waals surface area contributed by atoms with Crippen LogP contribution in [0.1, 0.15) is 220 Å². The maximum atomic E-state index is 13.2. The smallest absolute Gasteiger partial charge is 0.306 e. The molecule has 0 saturated carbocycles. The van der Waals surface area contributed by atoms with Gasteiger partial charge in [0.1, 0.15) is 6.10 Å². The molecule has 3 N–H and O–H groups in total. The fourth-order valence-corrected chi connectivity index (χ4v) is 7.07. The molecular formula is C56H95NO5. The molecule has 0 aliphatic rings. The Morgan fingerprint density at radius 2 is 0.871 bits per heavy atom. The lowest BCUT2D eigenvalue weighted by Gasteiger charge is -2.24. The third-order valence-electron chi connectivity index (χ3n) is 10.9. The number of carbonyl (C=O) groups excluding carboxylic acids is 2. The van der Waals surface area contributed by atoms with E-state index in [1.54, 1.807) is 0 Å². The van der Waals surface area contributed by atoms with E-state index in [1.165, 1.54) is 70.6 Å². The summed E-state index contributed by atoms with van der Waals surface area (Å²) in [7, 11) is 0. The number of rotatable bonds is 44. The lowest BCUT2D eigenvalue weighted by atomic mass is 10.0. The van der Waals surface area contributed by atoms with E-state index in [9.17, 15) is 19.8 Å². The number of allylic oxidation sites excluding steroid dienone is 16. The van der Waals surface area contributed by atoms with Crippen LogP contribution in [0.3, 0.4) is 0 Å².